The molecular formula is C30H30ClN2O4S+. The van der Waals surface area contributed by atoms with Gasteiger partial charge in [-0.2, -0.15) is 18.5 Å². The van der Waals surface area contributed by atoms with E-state index in [1.807, 2.05) is 11.3 Å². The van der Waals surface area contributed by atoms with E-state index in [2.05, 4.69) is 141 Å². The van der Waals surface area contributed by atoms with Gasteiger partial charge in [0.25, 0.3) is 5.01 Å². The quantitative estimate of drug-likeness (QED) is 0.312. The summed E-state index contributed by atoms with van der Waals surface area (Å²) in [6.45, 7) is 4.61. The summed E-state index contributed by atoms with van der Waals surface area (Å²) in [6.07, 6.45) is 9.00. The van der Waals surface area contributed by atoms with Crippen molar-refractivity contribution in [3.8, 4) is 0 Å². The molecule has 8 heteroatoms. The van der Waals surface area contributed by atoms with Crippen LogP contribution in [0.1, 0.15) is 30.0 Å². The molecule has 3 aromatic carbocycles. The van der Waals surface area contributed by atoms with E-state index in [4.69, 9.17) is 18.6 Å². The van der Waals surface area contributed by atoms with Gasteiger partial charge in [0, 0.05) is 36.0 Å². The van der Waals surface area contributed by atoms with Gasteiger partial charge in [-0.15, -0.1) is 0 Å². The van der Waals surface area contributed by atoms with Crippen molar-refractivity contribution < 1.29 is 33.4 Å². The molecule has 2 heterocycles. The van der Waals surface area contributed by atoms with E-state index in [-0.39, 0.29) is 5.41 Å². The lowest BCUT2D eigenvalue weighted by atomic mass is 9.84. The smallest absolute Gasteiger partial charge is 0.263 e. The van der Waals surface area contributed by atoms with Gasteiger partial charge in [-0.3, -0.25) is 0 Å². The topological polar surface area (TPSA) is 96.5 Å². The summed E-state index contributed by atoms with van der Waals surface area (Å²) in [7, 11) is -0.384. The zero-order valence-electron chi connectivity index (χ0n) is 21.7. The SMILES string of the molecule is CN1/C(=C/C=C/C(=C/c2sc3ccccc3[n+]2C)c2ccccc2)C(C)(C)c2ccccc21.[O-][Cl+3]([O-])([O-])O. The van der Waals surface area contributed by atoms with Gasteiger partial charge in [-0.1, -0.05) is 98.0 Å². The van der Waals surface area contributed by atoms with Crippen LogP contribution < -0.4 is 23.4 Å². The van der Waals surface area contributed by atoms with Crippen molar-refractivity contribution in [3.63, 3.8) is 0 Å². The number of para-hydroxylation sites is 2. The van der Waals surface area contributed by atoms with Crippen molar-refractivity contribution in [2.45, 2.75) is 19.3 Å². The lowest BCUT2D eigenvalue weighted by Gasteiger charge is -2.23. The number of nitrogens with zero attached hydrogens (tertiary/aromatic N) is 2. The normalized spacial score (nSPS) is 16.2. The number of benzene rings is 3. The van der Waals surface area contributed by atoms with Crippen LogP contribution in [0, 0.1) is 10.2 Å². The molecule has 0 amide bonds. The molecule has 5 rings (SSSR count). The number of fused-ring (bicyclic) bond motifs is 2. The first-order valence-corrected chi connectivity index (χ1v) is 14.0. The summed E-state index contributed by atoms with van der Waals surface area (Å²) in [5.41, 5.74) is 7.63. The van der Waals surface area contributed by atoms with Crippen molar-refractivity contribution in [2.75, 3.05) is 11.9 Å². The molecule has 0 aliphatic carbocycles. The van der Waals surface area contributed by atoms with Crippen LogP contribution in [-0.2, 0) is 12.5 Å². The van der Waals surface area contributed by atoms with Crippen LogP contribution in [0.3, 0.4) is 0 Å². The van der Waals surface area contributed by atoms with Gasteiger partial charge in [-0.25, -0.2) is 0 Å². The Balaban J connectivity index is 0.000000617. The van der Waals surface area contributed by atoms with E-state index < -0.39 is 10.2 Å². The fourth-order valence-corrected chi connectivity index (χ4v) is 5.89. The van der Waals surface area contributed by atoms with E-state index in [0.717, 1.165) is 0 Å². The van der Waals surface area contributed by atoms with Gasteiger partial charge in [0.15, 0.2) is 0 Å². The predicted octanol–water partition coefficient (Wildman–Crippen LogP) is 3.01. The Hall–Kier alpha value is -3.30. The molecule has 0 saturated carbocycles. The van der Waals surface area contributed by atoms with E-state index in [1.165, 1.54) is 43.3 Å². The Bertz CT molecular complexity index is 1510. The largest absolute Gasteiger partial charge is 0.347 e. The number of aryl methyl sites for hydroxylation is 1. The molecule has 0 spiro atoms. The summed E-state index contributed by atoms with van der Waals surface area (Å²) in [4.78, 5) is 2.32. The first-order valence-electron chi connectivity index (χ1n) is 12.0. The Morgan fingerprint density at radius 1 is 0.947 bits per heavy atom. The molecule has 1 aromatic heterocycles. The molecule has 4 aromatic rings. The number of thiazole rings is 1. The maximum Gasteiger partial charge on any atom is 0.263 e. The van der Waals surface area contributed by atoms with Crippen LogP contribution in [0.2, 0.25) is 0 Å². The molecular weight excluding hydrogens is 520 g/mol. The molecule has 0 unspecified atom stereocenters. The molecule has 38 heavy (non-hydrogen) atoms. The third kappa shape index (κ3) is 6.22. The minimum absolute atomic E-state index is 0.0236. The summed E-state index contributed by atoms with van der Waals surface area (Å²) in [6, 6.07) is 27.9. The first-order chi connectivity index (χ1) is 18.0. The fourth-order valence-electron chi connectivity index (χ4n) is 4.78. The van der Waals surface area contributed by atoms with Crippen molar-refractivity contribution >= 4 is 38.9 Å². The standard InChI is InChI=1S/C30H29N2S.ClHO4/c1-30(2)24-16-8-9-17-25(24)31(3)28(30)20-12-15-23(22-13-6-5-7-14-22)21-29-32(4)26-18-10-11-19-27(26)33-29;2-1(3,4)5/h5-21H,1-4H3;(H,2,3,4,5)/q+1;. The van der Waals surface area contributed by atoms with Crippen LogP contribution in [0.4, 0.5) is 5.69 Å². The second-order valence-electron chi connectivity index (χ2n) is 9.44. The lowest BCUT2D eigenvalue weighted by molar-refractivity contribution is -1.92. The van der Waals surface area contributed by atoms with Gasteiger partial charge in [-0.05, 0) is 34.9 Å². The second-order valence-corrected chi connectivity index (χ2v) is 11.3. The highest BCUT2D eigenvalue weighted by atomic mass is 35.7. The van der Waals surface area contributed by atoms with Crippen LogP contribution in [0.15, 0.2) is 103 Å². The summed E-state index contributed by atoms with van der Waals surface area (Å²) < 4.78 is 36.3. The predicted molar refractivity (Wildman–Crippen MR) is 145 cm³/mol. The van der Waals surface area contributed by atoms with Crippen LogP contribution in [0.25, 0.3) is 21.9 Å². The van der Waals surface area contributed by atoms with Gasteiger partial charge in [0.05, 0.1) is 14.9 Å². The number of halogens is 1. The van der Waals surface area contributed by atoms with Crippen molar-refractivity contribution in [1.29, 1.82) is 0 Å². The van der Waals surface area contributed by atoms with Crippen molar-refractivity contribution in [1.82, 2.24) is 0 Å². The van der Waals surface area contributed by atoms with Crippen LogP contribution in [0.5, 0.6) is 0 Å². The van der Waals surface area contributed by atoms with E-state index >= 15 is 0 Å². The molecule has 0 saturated heterocycles. The average molecular weight is 550 g/mol. The Labute approximate surface area is 229 Å². The number of aromatic nitrogens is 1. The Morgan fingerprint density at radius 2 is 1.55 bits per heavy atom. The maximum atomic E-state index is 8.60. The summed E-state index contributed by atoms with van der Waals surface area (Å²) >= 11 is 1.83. The Kier molecular flexibility index (Phi) is 8.18. The molecule has 1 N–H and O–H groups in total. The van der Waals surface area contributed by atoms with E-state index in [9.17, 15) is 0 Å². The number of anilines is 1. The third-order valence-electron chi connectivity index (χ3n) is 6.63. The lowest BCUT2D eigenvalue weighted by Crippen LogP contribution is -2.58. The monoisotopic (exact) mass is 549 g/mol. The molecule has 6 nitrogen and oxygen atoms in total. The molecule has 196 valence electrons. The maximum absolute atomic E-state index is 8.60. The van der Waals surface area contributed by atoms with E-state index in [0.29, 0.717) is 0 Å². The number of allylic oxidation sites excluding steroid dienone is 5. The third-order valence-corrected chi connectivity index (χ3v) is 7.79. The van der Waals surface area contributed by atoms with Crippen LogP contribution in [-0.4, -0.2) is 11.7 Å². The zero-order chi connectivity index (χ0) is 27.5. The van der Waals surface area contributed by atoms with Gasteiger partial charge in [0.1, 0.15) is 11.7 Å². The summed E-state index contributed by atoms with van der Waals surface area (Å²) in [5.74, 6) is 0. The first kappa shape index (κ1) is 27.7. The summed E-state index contributed by atoms with van der Waals surface area (Å²) in [5, 5.41) is 1.23. The number of likely N-dealkylation sites (N-methyl/N-ethyl adjacent to an activating group) is 1. The van der Waals surface area contributed by atoms with Gasteiger partial charge in [0.2, 0.25) is 5.52 Å². The molecule has 0 fully saturated rings. The molecule has 0 radical (unpaired) electrons. The number of hydrogen-bond donors (Lipinski definition) is 1. The minimum Gasteiger partial charge on any atom is -0.347 e. The highest BCUT2D eigenvalue weighted by Crippen LogP contribution is 2.46. The van der Waals surface area contributed by atoms with Gasteiger partial charge < -0.3 is 4.90 Å². The molecule has 1 aliphatic rings. The molecule has 0 atom stereocenters. The number of hydrogen-bond acceptors (Lipinski definition) is 6. The second kappa shape index (κ2) is 11.2. The zero-order valence-corrected chi connectivity index (χ0v) is 23.2. The molecule has 1 aliphatic heterocycles. The van der Waals surface area contributed by atoms with Crippen LogP contribution >= 0.6 is 11.3 Å². The number of rotatable bonds is 4. The van der Waals surface area contributed by atoms with E-state index in [1.54, 1.807) is 0 Å². The van der Waals surface area contributed by atoms with Crippen molar-refractivity contribution in [2.24, 2.45) is 7.05 Å². The highest BCUT2D eigenvalue weighted by Gasteiger charge is 2.37. The van der Waals surface area contributed by atoms with Crippen molar-refractivity contribution in [3.05, 3.63) is 119 Å². The molecule has 0 bridgehead atoms. The fraction of sp³-hybridized carbons (Fsp3) is 0.167. The minimum atomic E-state index is -4.69. The Morgan fingerprint density at radius 3 is 2.21 bits per heavy atom. The highest BCUT2D eigenvalue weighted by molar-refractivity contribution is 7.18. The van der Waals surface area contributed by atoms with Gasteiger partial charge >= 0.3 is 0 Å². The average Bonchev–Trinajstić information content (AvgIpc) is 3.29.